The molecule has 1 heterocycles. The molecule has 3 rings (SSSR count). The predicted molar refractivity (Wildman–Crippen MR) is 108 cm³/mol. The molecular formula is C22H20N2O6. The van der Waals surface area contributed by atoms with Crippen LogP contribution >= 0.6 is 0 Å². The summed E-state index contributed by atoms with van der Waals surface area (Å²) in [4.78, 5) is 60.5. The molecule has 0 aromatic heterocycles. The average molecular weight is 408 g/mol. The quantitative estimate of drug-likeness (QED) is 0.447. The van der Waals surface area contributed by atoms with Crippen molar-refractivity contribution < 1.29 is 28.7 Å². The zero-order valence-corrected chi connectivity index (χ0v) is 16.5. The Morgan fingerprint density at radius 1 is 0.900 bits per heavy atom. The van der Waals surface area contributed by atoms with Crippen LogP contribution in [0.15, 0.2) is 48.5 Å². The van der Waals surface area contributed by atoms with Gasteiger partial charge in [0, 0.05) is 24.1 Å². The highest BCUT2D eigenvalue weighted by molar-refractivity contribution is 6.19. The molecule has 1 fully saturated rings. The molecule has 0 saturated carbocycles. The second-order valence-corrected chi connectivity index (χ2v) is 6.84. The Kier molecular flexibility index (Phi) is 6.06. The van der Waals surface area contributed by atoms with Gasteiger partial charge < -0.3 is 10.1 Å². The smallest absolute Gasteiger partial charge is 0.338 e. The zero-order chi connectivity index (χ0) is 21.8. The van der Waals surface area contributed by atoms with E-state index in [-0.39, 0.29) is 36.0 Å². The number of ketones is 1. The second-order valence-electron chi connectivity index (χ2n) is 6.84. The van der Waals surface area contributed by atoms with E-state index in [1.54, 1.807) is 24.3 Å². The van der Waals surface area contributed by atoms with Gasteiger partial charge in [0.05, 0.1) is 11.3 Å². The molecule has 1 atom stereocenters. The van der Waals surface area contributed by atoms with Crippen LogP contribution in [0.2, 0.25) is 0 Å². The molecule has 8 heteroatoms. The number of ether oxygens (including phenoxy) is 1. The van der Waals surface area contributed by atoms with Crippen molar-refractivity contribution in [2.45, 2.75) is 32.8 Å². The first-order chi connectivity index (χ1) is 14.3. The van der Waals surface area contributed by atoms with Gasteiger partial charge in [-0.3, -0.25) is 24.1 Å². The number of hydrogen-bond donors (Lipinski definition) is 1. The molecule has 3 amide bonds. The fourth-order valence-corrected chi connectivity index (χ4v) is 2.93. The number of rotatable bonds is 6. The van der Waals surface area contributed by atoms with E-state index in [2.05, 4.69) is 5.32 Å². The number of nitrogens with zero attached hydrogens (tertiary/aromatic N) is 1. The zero-order valence-electron chi connectivity index (χ0n) is 16.5. The second kappa shape index (κ2) is 8.69. The Morgan fingerprint density at radius 3 is 1.97 bits per heavy atom. The van der Waals surface area contributed by atoms with Crippen LogP contribution in [0.4, 0.5) is 11.4 Å². The van der Waals surface area contributed by atoms with Crippen LogP contribution < -0.4 is 10.2 Å². The van der Waals surface area contributed by atoms with E-state index >= 15 is 0 Å². The number of anilines is 2. The van der Waals surface area contributed by atoms with Crippen LogP contribution in [-0.2, 0) is 19.1 Å². The molecule has 8 nitrogen and oxygen atoms in total. The van der Waals surface area contributed by atoms with Gasteiger partial charge in [-0.05, 0) is 62.4 Å². The summed E-state index contributed by atoms with van der Waals surface area (Å²) in [6.07, 6.45) is -0.717. The standard InChI is InChI=1S/C22H20N2O6/c1-13(25)15-3-7-17(8-4-15)23-21(28)14(2)30-22(29)16-5-9-18(10-6-16)24-19(26)11-12-20(24)27/h3-10,14H,11-12H2,1-2H3,(H,23,28)/t14-/m1/s1. The van der Waals surface area contributed by atoms with E-state index < -0.39 is 18.0 Å². The maximum absolute atomic E-state index is 12.3. The van der Waals surface area contributed by atoms with E-state index in [1.165, 1.54) is 38.1 Å². The molecule has 0 aliphatic carbocycles. The Hall–Kier alpha value is -3.81. The van der Waals surface area contributed by atoms with Gasteiger partial charge in [-0.2, -0.15) is 0 Å². The maximum Gasteiger partial charge on any atom is 0.338 e. The summed E-state index contributed by atoms with van der Waals surface area (Å²) >= 11 is 0. The summed E-state index contributed by atoms with van der Waals surface area (Å²) < 4.78 is 5.19. The number of benzene rings is 2. The van der Waals surface area contributed by atoms with Crippen molar-refractivity contribution in [2.24, 2.45) is 0 Å². The van der Waals surface area contributed by atoms with Gasteiger partial charge in [-0.15, -0.1) is 0 Å². The lowest BCUT2D eigenvalue weighted by molar-refractivity contribution is -0.124. The number of esters is 1. The molecule has 30 heavy (non-hydrogen) atoms. The molecule has 0 spiro atoms. The minimum absolute atomic E-state index is 0.0837. The van der Waals surface area contributed by atoms with Crippen molar-refractivity contribution in [2.75, 3.05) is 10.2 Å². The molecule has 0 unspecified atom stereocenters. The SMILES string of the molecule is CC(=O)c1ccc(NC(=O)[C@@H](C)OC(=O)c2ccc(N3C(=O)CCC3=O)cc2)cc1. The molecule has 1 saturated heterocycles. The van der Waals surface area contributed by atoms with Crippen LogP contribution in [-0.4, -0.2) is 35.6 Å². The van der Waals surface area contributed by atoms with Crippen LogP contribution in [0.25, 0.3) is 0 Å². The summed E-state index contributed by atoms with van der Waals surface area (Å²) in [5.41, 5.74) is 1.56. The van der Waals surface area contributed by atoms with Crippen LogP contribution in [0.3, 0.4) is 0 Å². The van der Waals surface area contributed by atoms with E-state index in [4.69, 9.17) is 4.74 Å². The van der Waals surface area contributed by atoms with Crippen LogP contribution in [0, 0.1) is 0 Å². The summed E-state index contributed by atoms with van der Waals surface area (Å²) in [5, 5.41) is 2.61. The molecule has 0 bridgehead atoms. The monoisotopic (exact) mass is 408 g/mol. The Morgan fingerprint density at radius 2 is 1.43 bits per heavy atom. The van der Waals surface area contributed by atoms with E-state index in [0.717, 1.165) is 4.90 Å². The fraction of sp³-hybridized carbons (Fsp3) is 0.227. The van der Waals surface area contributed by atoms with Crippen LogP contribution in [0.5, 0.6) is 0 Å². The van der Waals surface area contributed by atoms with Gasteiger partial charge in [-0.25, -0.2) is 4.79 Å². The van der Waals surface area contributed by atoms with Gasteiger partial charge in [0.15, 0.2) is 11.9 Å². The first-order valence-corrected chi connectivity index (χ1v) is 9.35. The summed E-state index contributed by atoms with van der Waals surface area (Å²) in [7, 11) is 0. The van der Waals surface area contributed by atoms with E-state index in [9.17, 15) is 24.0 Å². The summed E-state index contributed by atoms with van der Waals surface area (Å²) in [5.74, 6) is -1.88. The van der Waals surface area contributed by atoms with Crippen molar-refractivity contribution in [3.05, 3.63) is 59.7 Å². The molecule has 1 aliphatic heterocycles. The lowest BCUT2D eigenvalue weighted by Crippen LogP contribution is -2.30. The van der Waals surface area contributed by atoms with Crippen molar-refractivity contribution in [3.63, 3.8) is 0 Å². The minimum atomic E-state index is -1.06. The number of Topliss-reactive ketones (excluding diaryl/α,β-unsaturated/α-hetero) is 1. The maximum atomic E-state index is 12.3. The Labute approximate surface area is 172 Å². The number of hydrogen-bond acceptors (Lipinski definition) is 6. The van der Waals surface area contributed by atoms with Crippen molar-refractivity contribution in [1.82, 2.24) is 0 Å². The number of carbonyl (C=O) groups is 5. The van der Waals surface area contributed by atoms with Gasteiger partial charge in [0.2, 0.25) is 11.8 Å². The largest absolute Gasteiger partial charge is 0.449 e. The molecule has 154 valence electrons. The fourth-order valence-electron chi connectivity index (χ4n) is 2.93. The third kappa shape index (κ3) is 4.60. The highest BCUT2D eigenvalue weighted by Gasteiger charge is 2.30. The van der Waals surface area contributed by atoms with E-state index in [0.29, 0.717) is 16.9 Å². The number of carbonyl (C=O) groups excluding carboxylic acids is 5. The Balaban J connectivity index is 1.59. The molecule has 1 N–H and O–H groups in total. The van der Waals surface area contributed by atoms with Crippen molar-refractivity contribution >= 4 is 40.8 Å². The molecular weight excluding hydrogens is 388 g/mol. The lowest BCUT2D eigenvalue weighted by atomic mass is 10.1. The molecule has 2 aromatic carbocycles. The normalized spacial score (nSPS) is 14.4. The predicted octanol–water partition coefficient (Wildman–Crippen LogP) is 2.73. The number of nitrogens with one attached hydrogen (secondary N) is 1. The molecule has 0 radical (unpaired) electrons. The van der Waals surface area contributed by atoms with Gasteiger partial charge in [0.1, 0.15) is 0 Å². The van der Waals surface area contributed by atoms with Crippen molar-refractivity contribution in [1.29, 1.82) is 0 Å². The highest BCUT2D eigenvalue weighted by atomic mass is 16.5. The number of imide groups is 1. The topological polar surface area (TPSA) is 110 Å². The first-order valence-electron chi connectivity index (χ1n) is 9.35. The number of amides is 3. The summed E-state index contributed by atoms with van der Waals surface area (Å²) in [6.45, 7) is 2.88. The highest BCUT2D eigenvalue weighted by Crippen LogP contribution is 2.23. The van der Waals surface area contributed by atoms with Gasteiger partial charge in [0.25, 0.3) is 5.91 Å². The van der Waals surface area contributed by atoms with Crippen LogP contribution in [0.1, 0.15) is 47.4 Å². The average Bonchev–Trinajstić information content (AvgIpc) is 3.06. The first kappa shape index (κ1) is 20.9. The molecule has 1 aliphatic rings. The third-order valence-electron chi connectivity index (χ3n) is 4.62. The lowest BCUT2D eigenvalue weighted by Gasteiger charge is -2.15. The van der Waals surface area contributed by atoms with E-state index in [1.807, 2.05) is 0 Å². The van der Waals surface area contributed by atoms with Gasteiger partial charge >= 0.3 is 5.97 Å². The van der Waals surface area contributed by atoms with Gasteiger partial charge in [-0.1, -0.05) is 0 Å². The summed E-state index contributed by atoms with van der Waals surface area (Å²) in [6, 6.07) is 12.2. The minimum Gasteiger partial charge on any atom is -0.449 e. The Bertz CT molecular complexity index is 995. The van der Waals surface area contributed by atoms with Crippen molar-refractivity contribution in [3.8, 4) is 0 Å². The molecule has 2 aromatic rings. The third-order valence-corrected chi connectivity index (χ3v) is 4.62.